The quantitative estimate of drug-likeness (QED) is 0.751. The van der Waals surface area contributed by atoms with Crippen LogP contribution in [0.4, 0.5) is 4.39 Å². The molecule has 0 aromatic heterocycles. The lowest BCUT2D eigenvalue weighted by Gasteiger charge is -2.12. The maximum absolute atomic E-state index is 12.9. The number of carbonyl (C=O) groups is 1. The number of halogens is 2. The molecule has 1 nitrogen and oxygen atoms in total. The molecule has 90 valence electrons. The Morgan fingerprint density at radius 1 is 1.11 bits per heavy atom. The van der Waals surface area contributed by atoms with Crippen molar-refractivity contribution in [2.24, 2.45) is 0 Å². The van der Waals surface area contributed by atoms with E-state index in [1.807, 2.05) is 0 Å². The van der Waals surface area contributed by atoms with Crippen molar-refractivity contribution in [1.82, 2.24) is 0 Å². The lowest BCUT2D eigenvalue weighted by atomic mass is 9.93. The van der Waals surface area contributed by atoms with E-state index in [1.165, 1.54) is 12.1 Å². The molecule has 0 heterocycles. The van der Waals surface area contributed by atoms with Gasteiger partial charge in [-0.25, -0.2) is 4.39 Å². The summed E-state index contributed by atoms with van der Waals surface area (Å²) in [4.78, 5) is 11.9. The molecule has 1 atom stereocenters. The van der Waals surface area contributed by atoms with Gasteiger partial charge in [-0.15, -0.1) is 0 Å². The van der Waals surface area contributed by atoms with E-state index in [-0.39, 0.29) is 17.5 Å². The fourth-order valence-electron chi connectivity index (χ4n) is 2.51. The molecular formula is C15H10ClFO. The van der Waals surface area contributed by atoms with E-state index in [9.17, 15) is 9.18 Å². The highest BCUT2D eigenvalue weighted by molar-refractivity contribution is 6.32. The van der Waals surface area contributed by atoms with E-state index in [4.69, 9.17) is 11.6 Å². The van der Waals surface area contributed by atoms with Gasteiger partial charge >= 0.3 is 0 Å². The first-order valence-corrected chi connectivity index (χ1v) is 6.11. The molecule has 0 aliphatic heterocycles. The molecule has 0 saturated heterocycles. The number of fused-ring (bicyclic) bond motifs is 1. The fourth-order valence-corrected chi connectivity index (χ4v) is 2.82. The monoisotopic (exact) mass is 260 g/mol. The topological polar surface area (TPSA) is 17.1 Å². The molecule has 0 bridgehead atoms. The third-order valence-corrected chi connectivity index (χ3v) is 3.69. The number of hydrogen-bond donors (Lipinski definition) is 0. The van der Waals surface area contributed by atoms with Gasteiger partial charge in [0.25, 0.3) is 0 Å². The highest BCUT2D eigenvalue weighted by Crippen LogP contribution is 2.41. The summed E-state index contributed by atoms with van der Waals surface area (Å²) in [7, 11) is 0. The Hall–Kier alpha value is -1.67. The third kappa shape index (κ3) is 1.73. The standard InChI is InChI=1S/C15H10ClFO/c16-13-3-1-2-11-14(18)8-12(15(11)13)9-4-6-10(17)7-5-9/h1-7,12H,8H2/t12-/m0/s1. The Kier molecular flexibility index (Phi) is 2.67. The van der Waals surface area contributed by atoms with Crippen molar-refractivity contribution in [2.75, 3.05) is 0 Å². The lowest BCUT2D eigenvalue weighted by molar-refractivity contribution is 0.0991. The Balaban J connectivity index is 2.12. The number of rotatable bonds is 1. The Bertz CT molecular complexity index is 619. The molecule has 2 aromatic rings. The van der Waals surface area contributed by atoms with Gasteiger partial charge in [0.1, 0.15) is 5.82 Å². The van der Waals surface area contributed by atoms with Crippen LogP contribution in [-0.4, -0.2) is 5.78 Å². The predicted octanol–water partition coefficient (Wildman–Crippen LogP) is 4.20. The first-order chi connectivity index (χ1) is 8.66. The summed E-state index contributed by atoms with van der Waals surface area (Å²) in [6.07, 6.45) is 0.407. The predicted molar refractivity (Wildman–Crippen MR) is 68.6 cm³/mol. The average Bonchev–Trinajstić information content (AvgIpc) is 2.70. The van der Waals surface area contributed by atoms with Crippen LogP contribution < -0.4 is 0 Å². The fraction of sp³-hybridized carbons (Fsp3) is 0.133. The van der Waals surface area contributed by atoms with Crippen molar-refractivity contribution in [3.05, 3.63) is 70.0 Å². The van der Waals surface area contributed by atoms with Crippen molar-refractivity contribution in [1.29, 1.82) is 0 Å². The minimum atomic E-state index is -0.276. The second kappa shape index (κ2) is 4.21. The molecule has 3 heteroatoms. The second-order valence-corrected chi connectivity index (χ2v) is 4.84. The number of carbonyl (C=O) groups excluding carboxylic acids is 1. The molecule has 0 fully saturated rings. The minimum absolute atomic E-state index is 0.0539. The zero-order valence-corrected chi connectivity index (χ0v) is 10.2. The minimum Gasteiger partial charge on any atom is -0.294 e. The van der Waals surface area contributed by atoms with Gasteiger partial charge in [0.05, 0.1) is 0 Å². The Morgan fingerprint density at radius 3 is 2.56 bits per heavy atom. The summed E-state index contributed by atoms with van der Waals surface area (Å²) in [5.74, 6) is -0.230. The van der Waals surface area contributed by atoms with Gasteiger partial charge in [-0.05, 0) is 29.3 Å². The molecule has 1 aliphatic carbocycles. The van der Waals surface area contributed by atoms with E-state index in [1.54, 1.807) is 30.3 Å². The summed E-state index contributed by atoms with van der Waals surface area (Å²) in [5, 5.41) is 0.604. The van der Waals surface area contributed by atoms with Gasteiger partial charge in [-0.3, -0.25) is 4.79 Å². The second-order valence-electron chi connectivity index (χ2n) is 4.43. The maximum Gasteiger partial charge on any atom is 0.164 e. The van der Waals surface area contributed by atoms with Crippen LogP contribution in [0, 0.1) is 5.82 Å². The SMILES string of the molecule is O=C1C[C@@H](c2ccc(F)cc2)c2c(Cl)cccc21. The number of Topliss-reactive ketones (excluding diaryl/α,β-unsaturated/α-hetero) is 1. The molecule has 0 unspecified atom stereocenters. The third-order valence-electron chi connectivity index (χ3n) is 3.36. The van der Waals surface area contributed by atoms with Crippen LogP contribution in [0.25, 0.3) is 0 Å². The van der Waals surface area contributed by atoms with E-state index in [2.05, 4.69) is 0 Å². The van der Waals surface area contributed by atoms with Gasteiger partial charge in [-0.2, -0.15) is 0 Å². The van der Waals surface area contributed by atoms with Crippen molar-refractivity contribution in [2.45, 2.75) is 12.3 Å². The van der Waals surface area contributed by atoms with Crippen LogP contribution in [0.1, 0.15) is 33.8 Å². The Morgan fingerprint density at radius 2 is 1.83 bits per heavy atom. The summed E-state index contributed by atoms with van der Waals surface area (Å²) in [6.45, 7) is 0. The van der Waals surface area contributed by atoms with Crippen molar-refractivity contribution in [3.63, 3.8) is 0 Å². The lowest BCUT2D eigenvalue weighted by Crippen LogP contribution is -1.97. The molecule has 2 aromatic carbocycles. The first-order valence-electron chi connectivity index (χ1n) is 5.74. The van der Waals surface area contributed by atoms with Crippen molar-refractivity contribution >= 4 is 17.4 Å². The summed E-state index contributed by atoms with van der Waals surface area (Å²) < 4.78 is 12.9. The molecule has 3 rings (SSSR count). The average molecular weight is 261 g/mol. The molecule has 0 N–H and O–H groups in total. The van der Waals surface area contributed by atoms with E-state index in [0.717, 1.165) is 11.1 Å². The Labute approximate surface area is 109 Å². The highest BCUT2D eigenvalue weighted by Gasteiger charge is 2.32. The van der Waals surface area contributed by atoms with Gasteiger partial charge in [-0.1, -0.05) is 35.9 Å². The molecule has 0 spiro atoms. The highest BCUT2D eigenvalue weighted by atomic mass is 35.5. The summed E-state index contributed by atoms with van der Waals surface area (Å²) >= 11 is 6.18. The van der Waals surface area contributed by atoms with Crippen LogP contribution in [0.15, 0.2) is 42.5 Å². The van der Waals surface area contributed by atoms with Crippen molar-refractivity contribution < 1.29 is 9.18 Å². The van der Waals surface area contributed by atoms with Crippen LogP contribution in [0.3, 0.4) is 0 Å². The van der Waals surface area contributed by atoms with Gasteiger partial charge in [0, 0.05) is 22.9 Å². The van der Waals surface area contributed by atoms with E-state index in [0.29, 0.717) is 17.0 Å². The van der Waals surface area contributed by atoms with Crippen LogP contribution >= 0.6 is 11.6 Å². The molecule has 1 aliphatic rings. The van der Waals surface area contributed by atoms with Crippen LogP contribution in [0.5, 0.6) is 0 Å². The van der Waals surface area contributed by atoms with Gasteiger partial charge in [0.2, 0.25) is 0 Å². The van der Waals surface area contributed by atoms with Crippen molar-refractivity contribution in [3.8, 4) is 0 Å². The number of benzene rings is 2. The molecule has 18 heavy (non-hydrogen) atoms. The van der Waals surface area contributed by atoms with Crippen LogP contribution in [-0.2, 0) is 0 Å². The summed E-state index contributed by atoms with van der Waals surface area (Å²) in [5.41, 5.74) is 2.49. The number of hydrogen-bond acceptors (Lipinski definition) is 1. The molecule has 0 amide bonds. The molecular weight excluding hydrogens is 251 g/mol. The van der Waals surface area contributed by atoms with Gasteiger partial charge in [0.15, 0.2) is 5.78 Å². The zero-order valence-electron chi connectivity index (χ0n) is 9.49. The first kappa shape index (κ1) is 11.4. The normalized spacial score (nSPS) is 17.9. The molecule has 0 radical (unpaired) electrons. The summed E-state index contributed by atoms with van der Waals surface area (Å²) in [6, 6.07) is 11.6. The van der Waals surface area contributed by atoms with Crippen LogP contribution in [0.2, 0.25) is 5.02 Å². The number of ketones is 1. The van der Waals surface area contributed by atoms with Gasteiger partial charge < -0.3 is 0 Å². The van der Waals surface area contributed by atoms with E-state index < -0.39 is 0 Å². The molecule has 0 saturated carbocycles. The maximum atomic E-state index is 12.9. The zero-order chi connectivity index (χ0) is 12.7. The smallest absolute Gasteiger partial charge is 0.164 e. The van der Waals surface area contributed by atoms with E-state index >= 15 is 0 Å². The largest absolute Gasteiger partial charge is 0.294 e.